The third kappa shape index (κ3) is 5.17. The molecule has 0 bridgehead atoms. The summed E-state index contributed by atoms with van der Waals surface area (Å²) in [6.45, 7) is 4.87. The van der Waals surface area contributed by atoms with Crippen LogP contribution in [-0.2, 0) is 4.79 Å². The topological polar surface area (TPSA) is 58.1 Å². The number of hydrogen-bond acceptors (Lipinski definition) is 6. The van der Waals surface area contributed by atoms with Crippen LogP contribution in [0.1, 0.15) is 31.9 Å². The van der Waals surface area contributed by atoms with Crippen molar-refractivity contribution in [1.29, 1.82) is 0 Å². The summed E-state index contributed by atoms with van der Waals surface area (Å²) in [5, 5.41) is 12.1. The van der Waals surface area contributed by atoms with Crippen molar-refractivity contribution in [2.45, 2.75) is 30.6 Å². The highest BCUT2D eigenvalue weighted by molar-refractivity contribution is 8.01. The van der Waals surface area contributed by atoms with E-state index in [0.717, 1.165) is 28.0 Å². The van der Waals surface area contributed by atoms with E-state index in [4.69, 9.17) is 0 Å². The number of hydrogen-bond donors (Lipinski definition) is 1. The molecule has 1 N–H and O–H groups in total. The highest BCUT2D eigenvalue weighted by Gasteiger charge is 2.18. The maximum Gasteiger partial charge on any atom is 0.233 e. The first kappa shape index (κ1) is 18.7. The summed E-state index contributed by atoms with van der Waals surface area (Å²) in [6, 6.07) is 6.10. The summed E-state index contributed by atoms with van der Waals surface area (Å²) in [7, 11) is 1.76. The van der Waals surface area contributed by atoms with Gasteiger partial charge in [0.25, 0.3) is 0 Å². The maximum absolute atomic E-state index is 13.0. The molecule has 130 valence electrons. The second-order valence-electron chi connectivity index (χ2n) is 5.32. The second kappa shape index (κ2) is 8.98. The van der Waals surface area contributed by atoms with Crippen molar-refractivity contribution in [2.75, 3.05) is 24.7 Å². The number of rotatable bonds is 8. The molecule has 0 saturated heterocycles. The van der Waals surface area contributed by atoms with Crippen LogP contribution >= 0.6 is 23.1 Å². The van der Waals surface area contributed by atoms with Crippen LogP contribution in [0.5, 0.6) is 0 Å². The van der Waals surface area contributed by atoms with Gasteiger partial charge in [0.2, 0.25) is 11.0 Å². The van der Waals surface area contributed by atoms with E-state index in [0.29, 0.717) is 5.75 Å². The smallest absolute Gasteiger partial charge is 0.233 e. The van der Waals surface area contributed by atoms with Gasteiger partial charge < -0.3 is 10.2 Å². The fourth-order valence-corrected chi connectivity index (χ4v) is 3.68. The molecule has 0 aliphatic rings. The van der Waals surface area contributed by atoms with Crippen molar-refractivity contribution >= 4 is 34.1 Å². The number of anilines is 1. The molecule has 1 atom stereocenters. The van der Waals surface area contributed by atoms with Gasteiger partial charge in [-0.25, -0.2) is 4.39 Å². The third-order valence-corrected chi connectivity index (χ3v) is 5.58. The lowest BCUT2D eigenvalue weighted by molar-refractivity contribution is -0.128. The molecule has 0 saturated carbocycles. The van der Waals surface area contributed by atoms with Crippen molar-refractivity contribution in [3.05, 3.63) is 35.6 Å². The van der Waals surface area contributed by atoms with Gasteiger partial charge in [-0.2, -0.15) is 0 Å². The lowest BCUT2D eigenvalue weighted by Crippen LogP contribution is -2.31. The van der Waals surface area contributed by atoms with Gasteiger partial charge in [0.15, 0.2) is 4.34 Å². The molecule has 1 heterocycles. The zero-order chi connectivity index (χ0) is 17.5. The van der Waals surface area contributed by atoms with Gasteiger partial charge in [0.05, 0.1) is 11.8 Å². The molecule has 1 amide bonds. The molecule has 24 heavy (non-hydrogen) atoms. The molecule has 0 spiro atoms. The van der Waals surface area contributed by atoms with Gasteiger partial charge in [-0.1, -0.05) is 42.2 Å². The minimum atomic E-state index is -0.278. The normalized spacial score (nSPS) is 12.0. The van der Waals surface area contributed by atoms with E-state index in [9.17, 15) is 9.18 Å². The van der Waals surface area contributed by atoms with E-state index in [1.165, 1.54) is 35.2 Å². The summed E-state index contributed by atoms with van der Waals surface area (Å²) in [5.74, 6) is 0.0131. The zero-order valence-electron chi connectivity index (χ0n) is 14.0. The standard InChI is InChI=1S/C16H21FN4OS2/c1-4-9-18-15-19-20-16(24-15)23-10-14(22)21(3)11(2)12-5-7-13(17)8-6-12/h5-8,11H,4,9-10H2,1-3H3,(H,18,19). The van der Waals surface area contributed by atoms with Crippen LogP contribution in [0, 0.1) is 5.82 Å². The summed E-state index contributed by atoms with van der Waals surface area (Å²) < 4.78 is 13.8. The Hall–Kier alpha value is -1.67. The van der Waals surface area contributed by atoms with Crippen LogP contribution in [0.3, 0.4) is 0 Å². The minimum absolute atomic E-state index is 0.00454. The zero-order valence-corrected chi connectivity index (χ0v) is 15.6. The predicted octanol–water partition coefficient (Wildman–Crippen LogP) is 3.81. The van der Waals surface area contributed by atoms with E-state index in [-0.39, 0.29) is 17.8 Å². The molecule has 0 aliphatic heterocycles. The molecular weight excluding hydrogens is 347 g/mol. The van der Waals surface area contributed by atoms with Crippen molar-refractivity contribution in [3.8, 4) is 0 Å². The van der Waals surface area contributed by atoms with E-state index < -0.39 is 0 Å². The number of carbonyl (C=O) groups is 1. The SMILES string of the molecule is CCCNc1nnc(SCC(=O)N(C)C(C)c2ccc(F)cc2)s1. The van der Waals surface area contributed by atoms with Gasteiger partial charge in [0.1, 0.15) is 5.82 Å². The average Bonchev–Trinajstić information content (AvgIpc) is 3.05. The molecule has 0 fully saturated rings. The van der Waals surface area contributed by atoms with Crippen molar-refractivity contribution in [1.82, 2.24) is 15.1 Å². The van der Waals surface area contributed by atoms with E-state index in [2.05, 4.69) is 22.4 Å². The Morgan fingerprint density at radius 2 is 2.08 bits per heavy atom. The first-order valence-corrected chi connectivity index (χ1v) is 9.52. The molecular formula is C16H21FN4OS2. The van der Waals surface area contributed by atoms with Crippen LogP contribution < -0.4 is 5.32 Å². The Labute approximate surface area is 149 Å². The predicted molar refractivity (Wildman–Crippen MR) is 97.0 cm³/mol. The largest absolute Gasteiger partial charge is 0.360 e. The molecule has 1 unspecified atom stereocenters. The number of benzene rings is 1. The monoisotopic (exact) mass is 368 g/mol. The van der Waals surface area contributed by atoms with Crippen molar-refractivity contribution in [3.63, 3.8) is 0 Å². The van der Waals surface area contributed by atoms with E-state index >= 15 is 0 Å². The van der Waals surface area contributed by atoms with Gasteiger partial charge in [-0.05, 0) is 31.0 Å². The Morgan fingerprint density at radius 3 is 2.75 bits per heavy atom. The number of carbonyl (C=O) groups excluding carboxylic acids is 1. The minimum Gasteiger partial charge on any atom is -0.360 e. The number of halogens is 1. The molecule has 1 aromatic carbocycles. The van der Waals surface area contributed by atoms with Gasteiger partial charge in [0, 0.05) is 13.6 Å². The summed E-state index contributed by atoms with van der Waals surface area (Å²) >= 11 is 2.83. The van der Waals surface area contributed by atoms with Crippen LogP contribution in [-0.4, -0.2) is 40.3 Å². The number of amides is 1. The Balaban J connectivity index is 1.87. The van der Waals surface area contributed by atoms with Crippen LogP contribution in [0.4, 0.5) is 9.52 Å². The van der Waals surface area contributed by atoms with Crippen molar-refractivity contribution < 1.29 is 9.18 Å². The molecule has 2 aromatic rings. The maximum atomic E-state index is 13.0. The summed E-state index contributed by atoms with van der Waals surface area (Å²) in [4.78, 5) is 14.0. The third-order valence-electron chi connectivity index (χ3n) is 3.58. The fourth-order valence-electron chi connectivity index (χ4n) is 1.98. The number of thioether (sulfide) groups is 1. The Morgan fingerprint density at radius 1 is 1.38 bits per heavy atom. The summed E-state index contributed by atoms with van der Waals surface area (Å²) in [5.41, 5.74) is 0.902. The van der Waals surface area contributed by atoms with Crippen molar-refractivity contribution in [2.24, 2.45) is 0 Å². The summed E-state index contributed by atoms with van der Waals surface area (Å²) in [6.07, 6.45) is 1.02. The molecule has 0 radical (unpaired) electrons. The highest BCUT2D eigenvalue weighted by atomic mass is 32.2. The van der Waals surface area contributed by atoms with E-state index in [1.54, 1.807) is 24.1 Å². The molecule has 8 heteroatoms. The average molecular weight is 369 g/mol. The molecule has 5 nitrogen and oxygen atoms in total. The van der Waals surface area contributed by atoms with Crippen LogP contribution in [0.2, 0.25) is 0 Å². The fraction of sp³-hybridized carbons (Fsp3) is 0.438. The quantitative estimate of drug-likeness (QED) is 0.718. The van der Waals surface area contributed by atoms with E-state index in [1.807, 2.05) is 6.92 Å². The lowest BCUT2D eigenvalue weighted by atomic mass is 10.1. The molecule has 0 aliphatic carbocycles. The van der Waals surface area contributed by atoms with Gasteiger partial charge >= 0.3 is 0 Å². The first-order valence-electron chi connectivity index (χ1n) is 7.72. The Bertz CT molecular complexity index is 662. The molecule has 1 aromatic heterocycles. The number of aromatic nitrogens is 2. The number of nitrogens with one attached hydrogen (secondary N) is 1. The van der Waals surface area contributed by atoms with Gasteiger partial charge in [-0.15, -0.1) is 10.2 Å². The molecule has 2 rings (SSSR count). The lowest BCUT2D eigenvalue weighted by Gasteiger charge is -2.25. The second-order valence-corrected chi connectivity index (χ2v) is 7.52. The highest BCUT2D eigenvalue weighted by Crippen LogP contribution is 2.27. The first-order chi connectivity index (χ1) is 11.5. The van der Waals surface area contributed by atoms with Gasteiger partial charge in [-0.3, -0.25) is 4.79 Å². The Kier molecular flexibility index (Phi) is 6.99. The van der Waals surface area contributed by atoms with Crippen LogP contribution in [0.25, 0.3) is 0 Å². The van der Waals surface area contributed by atoms with Crippen LogP contribution in [0.15, 0.2) is 28.6 Å². The number of nitrogens with zero attached hydrogens (tertiary/aromatic N) is 3.